The van der Waals surface area contributed by atoms with Crippen molar-refractivity contribution in [1.82, 2.24) is 9.78 Å². The predicted octanol–water partition coefficient (Wildman–Crippen LogP) is 3.27. The molecule has 2 rings (SSSR count). The van der Waals surface area contributed by atoms with Crippen LogP contribution < -0.4 is 5.73 Å². The van der Waals surface area contributed by atoms with Crippen LogP contribution in [-0.4, -0.2) is 9.78 Å². The van der Waals surface area contributed by atoms with Crippen LogP contribution in [0.5, 0.6) is 0 Å². The fourth-order valence-electron chi connectivity index (χ4n) is 1.35. The van der Waals surface area contributed by atoms with Crippen molar-refractivity contribution in [1.29, 1.82) is 0 Å². The van der Waals surface area contributed by atoms with E-state index in [1.807, 2.05) is 0 Å². The van der Waals surface area contributed by atoms with E-state index >= 15 is 0 Å². The average molecular weight is 280 g/mol. The first-order chi connectivity index (χ1) is 8.29. The minimum atomic E-state index is -4.50. The van der Waals surface area contributed by atoms with Crippen molar-refractivity contribution in [2.24, 2.45) is 0 Å². The smallest absolute Gasteiger partial charge is 0.397 e. The summed E-state index contributed by atoms with van der Waals surface area (Å²) in [5, 5.41) is 3.27. The van der Waals surface area contributed by atoms with E-state index < -0.39 is 17.6 Å². The van der Waals surface area contributed by atoms with Crippen LogP contribution in [0.15, 0.2) is 24.5 Å². The first-order valence-electron chi connectivity index (χ1n) is 4.66. The van der Waals surface area contributed by atoms with Gasteiger partial charge in [-0.2, -0.15) is 18.3 Å². The number of nitrogen functional groups attached to an aromatic ring is 1. The molecule has 0 aliphatic heterocycles. The summed E-state index contributed by atoms with van der Waals surface area (Å²) in [6, 6.07) is 2.03. The summed E-state index contributed by atoms with van der Waals surface area (Å²) in [4.78, 5) is 0. The Bertz CT molecular complexity index is 591. The minimum absolute atomic E-state index is 0.0614. The maximum Gasteiger partial charge on any atom is 0.419 e. The molecule has 0 spiro atoms. The van der Waals surface area contributed by atoms with E-state index in [2.05, 4.69) is 5.10 Å². The van der Waals surface area contributed by atoms with Crippen LogP contribution in [0.2, 0.25) is 5.02 Å². The molecule has 1 aromatic carbocycles. The van der Waals surface area contributed by atoms with Crippen molar-refractivity contribution in [3.8, 4) is 5.69 Å². The van der Waals surface area contributed by atoms with Gasteiger partial charge in [0, 0.05) is 12.3 Å². The summed E-state index contributed by atoms with van der Waals surface area (Å²) in [7, 11) is 0. The average Bonchev–Trinajstić information content (AvgIpc) is 2.72. The molecule has 0 fully saturated rings. The maximum atomic E-state index is 13.0. The third-order valence-corrected chi connectivity index (χ3v) is 2.52. The largest absolute Gasteiger partial charge is 0.419 e. The molecule has 0 aliphatic rings. The summed E-state index contributed by atoms with van der Waals surface area (Å²) in [5.74, 6) is -0.749. The number of aromatic nitrogens is 2. The van der Waals surface area contributed by atoms with Gasteiger partial charge in [0.15, 0.2) is 0 Å². The Morgan fingerprint density at radius 1 is 1.28 bits per heavy atom. The van der Waals surface area contributed by atoms with Gasteiger partial charge in [0.1, 0.15) is 5.82 Å². The number of halogens is 5. The highest BCUT2D eigenvalue weighted by atomic mass is 35.5. The van der Waals surface area contributed by atoms with Crippen molar-refractivity contribution in [2.75, 3.05) is 5.73 Å². The van der Waals surface area contributed by atoms with E-state index in [1.54, 1.807) is 0 Å². The Morgan fingerprint density at radius 2 is 1.94 bits per heavy atom. The first kappa shape index (κ1) is 12.7. The van der Waals surface area contributed by atoms with Crippen molar-refractivity contribution in [3.63, 3.8) is 0 Å². The molecule has 0 saturated heterocycles. The molecule has 2 aromatic rings. The maximum absolute atomic E-state index is 13.0. The Kier molecular flexibility index (Phi) is 2.94. The molecule has 0 atom stereocenters. The molecule has 96 valence electrons. The lowest BCUT2D eigenvalue weighted by Gasteiger charge is -2.07. The molecule has 0 aliphatic carbocycles. The second-order valence-electron chi connectivity index (χ2n) is 3.50. The second-order valence-corrected chi connectivity index (χ2v) is 3.90. The topological polar surface area (TPSA) is 43.8 Å². The number of hydrogen-bond donors (Lipinski definition) is 1. The standard InChI is InChI=1S/C10H6ClF4N3/c11-6-1-9(8(16)2-7(6)12)18-4-5(3-17-18)10(13,14)15/h1-4H,16H2. The van der Waals surface area contributed by atoms with Gasteiger partial charge in [-0.05, 0) is 6.07 Å². The zero-order valence-electron chi connectivity index (χ0n) is 8.67. The molecule has 0 unspecified atom stereocenters. The molecule has 3 nitrogen and oxygen atoms in total. The summed E-state index contributed by atoms with van der Waals surface area (Å²) in [5.41, 5.74) is 4.59. The lowest BCUT2D eigenvalue weighted by molar-refractivity contribution is -0.137. The van der Waals surface area contributed by atoms with Gasteiger partial charge in [0.05, 0.1) is 28.2 Å². The molecule has 1 heterocycles. The van der Waals surface area contributed by atoms with Gasteiger partial charge in [-0.25, -0.2) is 9.07 Å². The Hall–Kier alpha value is -1.76. The number of nitrogens with zero attached hydrogens (tertiary/aromatic N) is 2. The minimum Gasteiger partial charge on any atom is -0.397 e. The monoisotopic (exact) mass is 279 g/mol. The van der Waals surface area contributed by atoms with Crippen molar-refractivity contribution in [3.05, 3.63) is 40.9 Å². The van der Waals surface area contributed by atoms with E-state index in [-0.39, 0.29) is 16.4 Å². The molecule has 2 N–H and O–H groups in total. The number of nitrogens with two attached hydrogens (primary N) is 1. The van der Waals surface area contributed by atoms with Gasteiger partial charge in [0.25, 0.3) is 0 Å². The summed E-state index contributed by atoms with van der Waals surface area (Å²) in [6.07, 6.45) is -3.10. The van der Waals surface area contributed by atoms with E-state index in [0.29, 0.717) is 6.20 Å². The molecular weight excluding hydrogens is 274 g/mol. The van der Waals surface area contributed by atoms with Crippen LogP contribution in [0.25, 0.3) is 5.69 Å². The summed E-state index contributed by atoms with van der Waals surface area (Å²) >= 11 is 5.54. The molecule has 8 heteroatoms. The van der Waals surface area contributed by atoms with Gasteiger partial charge >= 0.3 is 6.18 Å². The van der Waals surface area contributed by atoms with Crippen molar-refractivity contribution in [2.45, 2.75) is 6.18 Å². The Morgan fingerprint density at radius 3 is 2.50 bits per heavy atom. The highest BCUT2D eigenvalue weighted by Gasteiger charge is 2.32. The first-order valence-corrected chi connectivity index (χ1v) is 5.03. The molecule has 0 radical (unpaired) electrons. The van der Waals surface area contributed by atoms with Gasteiger partial charge in [0.2, 0.25) is 0 Å². The lowest BCUT2D eigenvalue weighted by Crippen LogP contribution is -2.04. The quantitative estimate of drug-likeness (QED) is 0.643. The highest BCUT2D eigenvalue weighted by Crippen LogP contribution is 2.30. The SMILES string of the molecule is Nc1cc(F)c(Cl)cc1-n1cc(C(F)(F)F)cn1. The Balaban J connectivity index is 2.50. The van der Waals surface area contributed by atoms with Gasteiger partial charge in [-0.15, -0.1) is 0 Å². The molecule has 1 aromatic heterocycles. The fraction of sp³-hybridized carbons (Fsp3) is 0.100. The number of alkyl halides is 3. The van der Waals surface area contributed by atoms with Crippen LogP contribution in [0.4, 0.5) is 23.2 Å². The Labute approximate surface area is 104 Å². The number of rotatable bonds is 1. The highest BCUT2D eigenvalue weighted by molar-refractivity contribution is 6.31. The number of benzene rings is 1. The lowest BCUT2D eigenvalue weighted by atomic mass is 10.2. The van der Waals surface area contributed by atoms with Crippen LogP contribution >= 0.6 is 11.6 Å². The molecular formula is C10H6ClF4N3. The number of hydrogen-bond acceptors (Lipinski definition) is 2. The van der Waals surface area contributed by atoms with E-state index in [0.717, 1.165) is 23.0 Å². The van der Waals surface area contributed by atoms with Crippen LogP contribution in [-0.2, 0) is 6.18 Å². The van der Waals surface area contributed by atoms with Crippen molar-refractivity contribution >= 4 is 17.3 Å². The predicted molar refractivity (Wildman–Crippen MR) is 57.9 cm³/mol. The van der Waals surface area contributed by atoms with Gasteiger partial charge in [-0.3, -0.25) is 0 Å². The van der Waals surface area contributed by atoms with Gasteiger partial charge < -0.3 is 5.73 Å². The molecule has 0 saturated carbocycles. The zero-order valence-corrected chi connectivity index (χ0v) is 9.43. The summed E-state index contributed by atoms with van der Waals surface area (Å²) in [6.45, 7) is 0. The summed E-state index contributed by atoms with van der Waals surface area (Å²) < 4.78 is 51.1. The van der Waals surface area contributed by atoms with Gasteiger partial charge in [-0.1, -0.05) is 11.6 Å². The zero-order chi connectivity index (χ0) is 13.5. The fourth-order valence-corrected chi connectivity index (χ4v) is 1.51. The van der Waals surface area contributed by atoms with E-state index in [4.69, 9.17) is 17.3 Å². The molecule has 0 amide bonds. The third kappa shape index (κ3) is 2.26. The van der Waals surface area contributed by atoms with Crippen LogP contribution in [0, 0.1) is 5.82 Å². The van der Waals surface area contributed by atoms with Crippen LogP contribution in [0.1, 0.15) is 5.56 Å². The second kappa shape index (κ2) is 4.16. The third-order valence-electron chi connectivity index (χ3n) is 2.23. The van der Waals surface area contributed by atoms with E-state index in [1.165, 1.54) is 0 Å². The van der Waals surface area contributed by atoms with Crippen LogP contribution in [0.3, 0.4) is 0 Å². The molecule has 18 heavy (non-hydrogen) atoms. The van der Waals surface area contributed by atoms with Crippen molar-refractivity contribution < 1.29 is 17.6 Å². The number of anilines is 1. The van der Waals surface area contributed by atoms with E-state index in [9.17, 15) is 17.6 Å². The molecule has 0 bridgehead atoms. The normalized spacial score (nSPS) is 11.8.